The fraction of sp³-hybridized carbons (Fsp3) is 0.706. The van der Waals surface area contributed by atoms with E-state index in [9.17, 15) is 0 Å². The molecule has 0 bridgehead atoms. The maximum atomic E-state index is 6.48. The molecule has 0 spiro atoms. The molecular weight excluding hydrogens is 354 g/mol. The van der Waals surface area contributed by atoms with Crippen molar-refractivity contribution in [2.24, 2.45) is 0 Å². The predicted molar refractivity (Wildman–Crippen MR) is 105 cm³/mol. The van der Waals surface area contributed by atoms with Gasteiger partial charge in [-0.05, 0) is 49.5 Å². The number of aryl methyl sites for hydroxylation is 1. The minimum atomic E-state index is -1.77. The molecule has 138 valence electrons. The number of hydrogen-bond donors (Lipinski definition) is 1. The molecule has 3 rings (SSSR count). The second-order valence-electron chi connectivity index (χ2n) is 8.41. The molecule has 0 radical (unpaired) electrons. The summed E-state index contributed by atoms with van der Waals surface area (Å²) >= 11 is 6.15. The van der Waals surface area contributed by atoms with Gasteiger partial charge in [-0.2, -0.15) is 15.1 Å². The minimum absolute atomic E-state index is 0.211. The second-order valence-corrected chi connectivity index (χ2v) is 13.6. The van der Waals surface area contributed by atoms with Gasteiger partial charge in [0.2, 0.25) is 5.28 Å². The summed E-state index contributed by atoms with van der Waals surface area (Å²) in [5, 5.41) is 8.65. The van der Waals surface area contributed by atoms with Crippen LogP contribution in [-0.4, -0.2) is 47.7 Å². The van der Waals surface area contributed by atoms with Crippen LogP contribution in [0.3, 0.4) is 0 Å². The van der Waals surface area contributed by atoms with Crippen molar-refractivity contribution >= 4 is 36.8 Å². The molecule has 1 atom stereocenters. The lowest BCUT2D eigenvalue weighted by Crippen LogP contribution is -2.45. The highest BCUT2D eigenvalue weighted by Gasteiger charge is 2.39. The average Bonchev–Trinajstić information content (AvgIpc) is 3.10. The highest BCUT2D eigenvalue weighted by Crippen LogP contribution is 2.38. The van der Waals surface area contributed by atoms with E-state index in [0.717, 1.165) is 42.9 Å². The van der Waals surface area contributed by atoms with E-state index in [2.05, 4.69) is 58.9 Å². The number of nitrogens with zero attached hydrogens (tertiary/aromatic N) is 4. The fourth-order valence-electron chi connectivity index (χ4n) is 3.05. The minimum Gasteiger partial charge on any atom is -0.415 e. The van der Waals surface area contributed by atoms with Crippen molar-refractivity contribution in [3.8, 4) is 0 Å². The van der Waals surface area contributed by atoms with Gasteiger partial charge in [-0.3, -0.25) is 5.10 Å². The molecule has 6 nitrogen and oxygen atoms in total. The third-order valence-corrected chi connectivity index (χ3v) is 10.3. The monoisotopic (exact) mass is 381 g/mol. The van der Waals surface area contributed by atoms with Crippen LogP contribution in [0.4, 0.5) is 5.82 Å². The molecule has 1 N–H and O–H groups in total. The third kappa shape index (κ3) is 3.54. The van der Waals surface area contributed by atoms with E-state index in [0.29, 0.717) is 11.7 Å². The number of anilines is 1. The van der Waals surface area contributed by atoms with Gasteiger partial charge in [0.1, 0.15) is 5.82 Å². The smallest absolute Gasteiger partial charge is 0.226 e. The number of halogens is 1. The van der Waals surface area contributed by atoms with Crippen LogP contribution in [0.15, 0.2) is 0 Å². The van der Waals surface area contributed by atoms with Gasteiger partial charge in [-0.15, -0.1) is 0 Å². The zero-order chi connectivity index (χ0) is 18.4. The highest BCUT2D eigenvalue weighted by atomic mass is 35.5. The number of H-pyrrole nitrogens is 1. The molecule has 1 fully saturated rings. The van der Waals surface area contributed by atoms with Gasteiger partial charge < -0.3 is 9.33 Å². The Morgan fingerprint density at radius 1 is 1.32 bits per heavy atom. The SMILES string of the molecule is Cc1n[nH]c2nc(Cl)nc(N3CCC[C@H]3CO[Si](C)(C)C(C)(C)C)c12. The van der Waals surface area contributed by atoms with E-state index < -0.39 is 8.32 Å². The zero-order valence-electron chi connectivity index (χ0n) is 16.0. The van der Waals surface area contributed by atoms with E-state index >= 15 is 0 Å². The lowest BCUT2D eigenvalue weighted by molar-refractivity contribution is 0.263. The van der Waals surface area contributed by atoms with Crippen molar-refractivity contribution in [1.82, 2.24) is 20.2 Å². The maximum Gasteiger partial charge on any atom is 0.226 e. The molecule has 25 heavy (non-hydrogen) atoms. The van der Waals surface area contributed by atoms with Crippen molar-refractivity contribution in [2.45, 2.75) is 64.7 Å². The van der Waals surface area contributed by atoms with Crippen molar-refractivity contribution in [2.75, 3.05) is 18.1 Å². The Labute approximate surface area is 155 Å². The normalized spacial score (nSPS) is 19.2. The van der Waals surface area contributed by atoms with Crippen LogP contribution in [0.25, 0.3) is 11.0 Å². The third-order valence-electron chi connectivity index (χ3n) is 5.65. The van der Waals surface area contributed by atoms with Gasteiger partial charge in [0.05, 0.1) is 23.7 Å². The van der Waals surface area contributed by atoms with Crippen LogP contribution in [0.2, 0.25) is 23.4 Å². The van der Waals surface area contributed by atoms with Crippen LogP contribution in [0.5, 0.6) is 0 Å². The molecule has 0 aromatic carbocycles. The molecule has 0 unspecified atom stereocenters. The van der Waals surface area contributed by atoms with Crippen LogP contribution >= 0.6 is 11.6 Å². The Balaban J connectivity index is 1.87. The van der Waals surface area contributed by atoms with Gasteiger partial charge in [0, 0.05) is 6.54 Å². The first kappa shape index (κ1) is 18.6. The lowest BCUT2D eigenvalue weighted by Gasteiger charge is -2.38. The highest BCUT2D eigenvalue weighted by molar-refractivity contribution is 6.74. The molecule has 0 saturated carbocycles. The summed E-state index contributed by atoms with van der Waals surface area (Å²) < 4.78 is 6.48. The molecule has 2 aromatic heterocycles. The molecule has 2 aromatic rings. The molecule has 3 heterocycles. The van der Waals surface area contributed by atoms with Gasteiger partial charge >= 0.3 is 0 Å². The number of aromatic amines is 1. The predicted octanol–water partition coefficient (Wildman–Crippen LogP) is 4.31. The first-order valence-electron chi connectivity index (χ1n) is 8.89. The van der Waals surface area contributed by atoms with Crippen LogP contribution in [0.1, 0.15) is 39.3 Å². The summed E-state index contributed by atoms with van der Waals surface area (Å²) in [4.78, 5) is 11.1. The first-order chi connectivity index (χ1) is 11.6. The van der Waals surface area contributed by atoms with E-state index in [4.69, 9.17) is 16.0 Å². The van der Waals surface area contributed by atoms with Crippen molar-refractivity contribution < 1.29 is 4.43 Å². The molecular formula is C17H28ClN5OSi. The zero-order valence-corrected chi connectivity index (χ0v) is 17.7. The van der Waals surface area contributed by atoms with Crippen LogP contribution < -0.4 is 4.90 Å². The summed E-state index contributed by atoms with van der Waals surface area (Å²) in [7, 11) is -1.77. The summed E-state index contributed by atoms with van der Waals surface area (Å²) in [6.45, 7) is 15.1. The van der Waals surface area contributed by atoms with Gasteiger partial charge in [0.15, 0.2) is 14.0 Å². The van der Waals surface area contributed by atoms with Gasteiger partial charge in [-0.1, -0.05) is 20.8 Å². The van der Waals surface area contributed by atoms with E-state index in [1.807, 2.05) is 6.92 Å². The first-order valence-corrected chi connectivity index (χ1v) is 12.2. The quantitative estimate of drug-likeness (QED) is 0.631. The Morgan fingerprint density at radius 2 is 2.04 bits per heavy atom. The fourth-order valence-corrected chi connectivity index (χ4v) is 4.25. The van der Waals surface area contributed by atoms with Crippen LogP contribution in [-0.2, 0) is 4.43 Å². The largest absolute Gasteiger partial charge is 0.415 e. The Hall–Kier alpha value is -1.18. The Morgan fingerprint density at radius 3 is 2.72 bits per heavy atom. The molecule has 0 aliphatic carbocycles. The Bertz CT molecular complexity index is 770. The molecule has 1 saturated heterocycles. The van der Waals surface area contributed by atoms with E-state index in [1.165, 1.54) is 0 Å². The second kappa shape index (κ2) is 6.52. The number of aromatic nitrogens is 4. The van der Waals surface area contributed by atoms with Crippen molar-refractivity contribution in [3.63, 3.8) is 0 Å². The van der Waals surface area contributed by atoms with Crippen molar-refractivity contribution in [3.05, 3.63) is 11.0 Å². The summed E-state index contributed by atoms with van der Waals surface area (Å²) in [6.07, 6.45) is 2.24. The Kier molecular flexibility index (Phi) is 4.85. The maximum absolute atomic E-state index is 6.48. The molecule has 0 amide bonds. The van der Waals surface area contributed by atoms with Crippen LogP contribution in [0, 0.1) is 6.92 Å². The lowest BCUT2D eigenvalue weighted by atomic mass is 10.2. The topological polar surface area (TPSA) is 66.9 Å². The summed E-state index contributed by atoms with van der Waals surface area (Å²) in [5.41, 5.74) is 1.60. The molecule has 1 aliphatic rings. The average molecular weight is 382 g/mol. The molecule has 1 aliphatic heterocycles. The number of rotatable bonds is 4. The molecule has 8 heteroatoms. The van der Waals surface area contributed by atoms with E-state index in [1.54, 1.807) is 0 Å². The van der Waals surface area contributed by atoms with E-state index in [-0.39, 0.29) is 10.3 Å². The van der Waals surface area contributed by atoms with Crippen molar-refractivity contribution in [1.29, 1.82) is 0 Å². The summed E-state index contributed by atoms with van der Waals surface area (Å²) in [5.74, 6) is 0.877. The standard InChI is InChI=1S/C17H28ClN5OSi/c1-11-13-14(22-21-11)19-16(18)20-15(13)23-9-7-8-12(23)10-24-25(5,6)17(2,3)4/h12H,7-10H2,1-6H3,(H,19,20,21,22)/t12-/m0/s1. The number of hydrogen-bond acceptors (Lipinski definition) is 5. The van der Waals surface area contributed by atoms with Gasteiger partial charge in [-0.25, -0.2) is 0 Å². The number of nitrogens with one attached hydrogen (secondary N) is 1. The number of fused-ring (bicyclic) bond motifs is 1. The summed E-state index contributed by atoms with van der Waals surface area (Å²) in [6, 6.07) is 0.317. The van der Waals surface area contributed by atoms with Gasteiger partial charge in [0.25, 0.3) is 0 Å².